The van der Waals surface area contributed by atoms with Crippen LogP contribution in [-0.2, 0) is 4.79 Å². The molecule has 1 aliphatic rings. The summed E-state index contributed by atoms with van der Waals surface area (Å²) in [7, 11) is 0. The van der Waals surface area contributed by atoms with Gasteiger partial charge in [0.05, 0.1) is 0 Å². The second-order valence-corrected chi connectivity index (χ2v) is 5.77. The fourth-order valence-corrected chi connectivity index (χ4v) is 2.60. The summed E-state index contributed by atoms with van der Waals surface area (Å²) in [5.74, 6) is 0.0453. The Balaban J connectivity index is 1.82. The summed E-state index contributed by atoms with van der Waals surface area (Å²) >= 11 is 0. The largest absolute Gasteiger partial charge is 0.478 e. The van der Waals surface area contributed by atoms with Crippen molar-refractivity contribution in [1.29, 1.82) is 0 Å². The van der Waals surface area contributed by atoms with E-state index in [9.17, 15) is 4.79 Å². The molecule has 2 heteroatoms. The van der Waals surface area contributed by atoms with Gasteiger partial charge in [0.25, 0.3) is 0 Å². The van der Waals surface area contributed by atoms with Crippen LogP contribution in [0.2, 0.25) is 0 Å². The maximum Gasteiger partial charge on any atom is 0.327 e. The maximum atomic E-state index is 10.5. The van der Waals surface area contributed by atoms with Crippen LogP contribution in [0.5, 0.6) is 0 Å². The van der Waals surface area contributed by atoms with Crippen molar-refractivity contribution in [3.05, 3.63) is 53.6 Å². The first kappa shape index (κ1) is 15.6. The van der Waals surface area contributed by atoms with Crippen molar-refractivity contribution in [2.45, 2.75) is 44.9 Å². The zero-order chi connectivity index (χ0) is 15.1. The summed E-state index contributed by atoms with van der Waals surface area (Å²) in [4.78, 5) is 10.5. The fraction of sp³-hybridized carbons (Fsp3) is 0.421. The molecule has 0 aliphatic heterocycles. The topological polar surface area (TPSA) is 37.3 Å². The van der Waals surface area contributed by atoms with Crippen molar-refractivity contribution < 1.29 is 9.90 Å². The van der Waals surface area contributed by atoms with Gasteiger partial charge < -0.3 is 5.11 Å². The molecule has 2 rings (SSSR count). The molecule has 2 unspecified atom stereocenters. The molecular weight excluding hydrogens is 260 g/mol. The van der Waals surface area contributed by atoms with E-state index in [1.54, 1.807) is 0 Å². The van der Waals surface area contributed by atoms with Gasteiger partial charge in [-0.15, -0.1) is 0 Å². The van der Waals surface area contributed by atoms with Crippen molar-refractivity contribution in [1.82, 2.24) is 0 Å². The molecule has 2 atom stereocenters. The molecule has 1 N–H and O–H groups in total. The Morgan fingerprint density at radius 3 is 2.71 bits per heavy atom. The number of hydrogen-bond acceptors (Lipinski definition) is 1. The summed E-state index contributed by atoms with van der Waals surface area (Å²) < 4.78 is 0. The fourth-order valence-electron chi connectivity index (χ4n) is 2.60. The van der Waals surface area contributed by atoms with Crippen LogP contribution >= 0.6 is 0 Å². The molecule has 0 heterocycles. The number of carboxylic acid groups (broad SMARTS) is 1. The minimum atomic E-state index is -0.857. The predicted octanol–water partition coefficient (Wildman–Crippen LogP) is 5.02. The lowest BCUT2D eigenvalue weighted by Gasteiger charge is -2.00. The van der Waals surface area contributed by atoms with Crippen LogP contribution in [-0.4, -0.2) is 11.1 Å². The third kappa shape index (κ3) is 5.22. The summed E-state index contributed by atoms with van der Waals surface area (Å²) in [5, 5.41) is 8.63. The zero-order valence-corrected chi connectivity index (χ0v) is 12.7. The summed E-state index contributed by atoms with van der Waals surface area (Å²) in [6, 6.07) is 8.65. The first-order chi connectivity index (χ1) is 10.2. The number of unbranched alkanes of at least 4 members (excludes halogenated alkanes) is 3. The predicted molar refractivity (Wildman–Crippen MR) is 87.2 cm³/mol. The van der Waals surface area contributed by atoms with E-state index < -0.39 is 5.97 Å². The molecule has 1 aromatic carbocycles. The van der Waals surface area contributed by atoms with Crippen molar-refractivity contribution in [3.8, 4) is 0 Å². The SMILES string of the molecule is CCCCC/C=C/c1ccc(C2CC2/C=C/C(=O)O)cc1. The van der Waals surface area contributed by atoms with Gasteiger partial charge in [-0.25, -0.2) is 4.79 Å². The van der Waals surface area contributed by atoms with Gasteiger partial charge in [-0.2, -0.15) is 0 Å². The molecule has 0 saturated heterocycles. The molecule has 0 bridgehead atoms. The van der Waals surface area contributed by atoms with Crippen molar-refractivity contribution in [3.63, 3.8) is 0 Å². The van der Waals surface area contributed by atoms with E-state index in [1.165, 1.54) is 36.5 Å². The summed E-state index contributed by atoms with van der Waals surface area (Å²) in [6.45, 7) is 2.22. The lowest BCUT2D eigenvalue weighted by atomic mass is 10.1. The number of rotatable bonds is 8. The number of carboxylic acids is 1. The lowest BCUT2D eigenvalue weighted by molar-refractivity contribution is -0.131. The zero-order valence-electron chi connectivity index (χ0n) is 12.7. The van der Waals surface area contributed by atoms with E-state index in [1.807, 2.05) is 6.08 Å². The van der Waals surface area contributed by atoms with Crippen LogP contribution in [0.1, 0.15) is 56.1 Å². The minimum Gasteiger partial charge on any atom is -0.478 e. The molecule has 0 aromatic heterocycles. The van der Waals surface area contributed by atoms with Gasteiger partial charge in [-0.05, 0) is 42.2 Å². The molecule has 0 spiro atoms. The number of aliphatic carboxylic acids is 1. The highest BCUT2D eigenvalue weighted by Gasteiger charge is 2.35. The third-order valence-electron chi connectivity index (χ3n) is 3.98. The Hall–Kier alpha value is -1.83. The summed E-state index contributed by atoms with van der Waals surface area (Å²) in [6.07, 6.45) is 13.6. The van der Waals surface area contributed by atoms with Gasteiger partial charge in [0, 0.05) is 6.08 Å². The molecule has 1 fully saturated rings. The van der Waals surface area contributed by atoms with Crippen LogP contribution in [0.15, 0.2) is 42.5 Å². The van der Waals surface area contributed by atoms with Gasteiger partial charge in [0.15, 0.2) is 0 Å². The van der Waals surface area contributed by atoms with Crippen LogP contribution in [0, 0.1) is 5.92 Å². The first-order valence-electron chi connectivity index (χ1n) is 7.88. The normalized spacial score (nSPS) is 21.2. The number of allylic oxidation sites excluding steroid dienone is 2. The second kappa shape index (κ2) is 7.82. The molecule has 0 amide bonds. The highest BCUT2D eigenvalue weighted by atomic mass is 16.4. The maximum absolute atomic E-state index is 10.5. The van der Waals surface area contributed by atoms with Crippen LogP contribution in [0.25, 0.3) is 6.08 Å². The van der Waals surface area contributed by atoms with Gasteiger partial charge in [0.2, 0.25) is 0 Å². The number of hydrogen-bond donors (Lipinski definition) is 1. The smallest absolute Gasteiger partial charge is 0.327 e. The van der Waals surface area contributed by atoms with Gasteiger partial charge in [-0.3, -0.25) is 0 Å². The lowest BCUT2D eigenvalue weighted by Crippen LogP contribution is -1.87. The quantitative estimate of drug-likeness (QED) is 0.537. The van der Waals surface area contributed by atoms with E-state index >= 15 is 0 Å². The van der Waals surface area contributed by atoms with Crippen molar-refractivity contribution >= 4 is 12.0 Å². The first-order valence-corrected chi connectivity index (χ1v) is 7.88. The number of benzene rings is 1. The van der Waals surface area contributed by atoms with Crippen molar-refractivity contribution in [2.75, 3.05) is 0 Å². The van der Waals surface area contributed by atoms with Crippen LogP contribution in [0.4, 0.5) is 0 Å². The van der Waals surface area contributed by atoms with E-state index in [2.05, 4.69) is 43.3 Å². The number of carbonyl (C=O) groups is 1. The van der Waals surface area contributed by atoms with E-state index in [0.29, 0.717) is 11.8 Å². The highest BCUT2D eigenvalue weighted by Crippen LogP contribution is 2.48. The van der Waals surface area contributed by atoms with Gasteiger partial charge in [-0.1, -0.05) is 62.3 Å². The molecule has 112 valence electrons. The van der Waals surface area contributed by atoms with Gasteiger partial charge in [0.1, 0.15) is 0 Å². The Bertz CT molecular complexity index is 511. The molecular formula is C19H24O2. The second-order valence-electron chi connectivity index (χ2n) is 5.77. The standard InChI is InChI=1S/C19H24O2/c1-2-3-4-5-6-7-15-8-10-16(11-9-15)18-14-17(18)12-13-19(20)21/h6-13,17-18H,2-5,14H2,1H3,(H,20,21)/b7-6+,13-12+. The Kier molecular flexibility index (Phi) is 5.79. The molecule has 21 heavy (non-hydrogen) atoms. The molecule has 1 saturated carbocycles. The van der Waals surface area contributed by atoms with Crippen molar-refractivity contribution in [2.24, 2.45) is 5.92 Å². The molecule has 1 aliphatic carbocycles. The van der Waals surface area contributed by atoms with E-state index in [0.717, 1.165) is 12.8 Å². The Morgan fingerprint density at radius 1 is 1.29 bits per heavy atom. The molecule has 2 nitrogen and oxygen atoms in total. The van der Waals surface area contributed by atoms with Crippen LogP contribution < -0.4 is 0 Å². The van der Waals surface area contributed by atoms with E-state index in [-0.39, 0.29) is 0 Å². The van der Waals surface area contributed by atoms with Gasteiger partial charge >= 0.3 is 5.97 Å². The van der Waals surface area contributed by atoms with Crippen LogP contribution in [0.3, 0.4) is 0 Å². The molecule has 0 radical (unpaired) electrons. The third-order valence-corrected chi connectivity index (χ3v) is 3.98. The Morgan fingerprint density at radius 2 is 2.05 bits per heavy atom. The average Bonchev–Trinajstić information content (AvgIpc) is 3.25. The minimum absolute atomic E-state index is 0.400. The monoisotopic (exact) mass is 284 g/mol. The average molecular weight is 284 g/mol. The highest BCUT2D eigenvalue weighted by molar-refractivity contribution is 5.79. The Labute approximate surface area is 127 Å². The summed E-state index contributed by atoms with van der Waals surface area (Å²) in [5.41, 5.74) is 2.56. The molecule has 1 aromatic rings. The van der Waals surface area contributed by atoms with E-state index in [4.69, 9.17) is 5.11 Å².